The average Bonchev–Trinajstić information content (AvgIpc) is 2.25. The number of aliphatic hydroxyl groups excluding tert-OH is 1. The summed E-state index contributed by atoms with van der Waals surface area (Å²) in [5.74, 6) is 0. The molecule has 3 nitrogen and oxygen atoms in total. The lowest BCUT2D eigenvalue weighted by molar-refractivity contribution is -0.0262. The Balaban J connectivity index is 1.94. The monoisotopic (exact) mass is 211 g/mol. The maximum atomic E-state index is 10.1. The molecule has 15 heavy (non-hydrogen) atoms. The highest BCUT2D eigenvalue weighted by molar-refractivity contribution is 4.91. The predicted octanol–water partition coefficient (Wildman–Crippen LogP) is 1.18. The Bertz CT molecular complexity index is 212. The van der Waals surface area contributed by atoms with Gasteiger partial charge in [-0.3, -0.25) is 4.90 Å². The SMILES string of the molecule is O[C@@H]1CCC=CCC[C@@H]1N1CCOCC1. The molecule has 2 rings (SSSR count). The van der Waals surface area contributed by atoms with Crippen LogP contribution in [0.1, 0.15) is 25.7 Å². The van der Waals surface area contributed by atoms with E-state index in [0.29, 0.717) is 6.04 Å². The van der Waals surface area contributed by atoms with Crippen molar-refractivity contribution >= 4 is 0 Å². The van der Waals surface area contributed by atoms with Crippen molar-refractivity contribution in [3.63, 3.8) is 0 Å². The zero-order valence-electron chi connectivity index (χ0n) is 9.27. The Morgan fingerprint density at radius 3 is 2.47 bits per heavy atom. The fourth-order valence-corrected chi connectivity index (χ4v) is 2.49. The lowest BCUT2D eigenvalue weighted by atomic mass is 9.96. The van der Waals surface area contributed by atoms with Crippen LogP contribution >= 0.6 is 0 Å². The van der Waals surface area contributed by atoms with Gasteiger partial charge in [0.2, 0.25) is 0 Å². The molecule has 0 bridgehead atoms. The highest BCUT2D eigenvalue weighted by Crippen LogP contribution is 2.19. The fraction of sp³-hybridized carbons (Fsp3) is 0.833. The summed E-state index contributed by atoms with van der Waals surface area (Å²) in [5, 5.41) is 10.1. The van der Waals surface area contributed by atoms with Crippen molar-refractivity contribution in [3.05, 3.63) is 12.2 Å². The smallest absolute Gasteiger partial charge is 0.0698 e. The molecule has 1 saturated heterocycles. The zero-order chi connectivity index (χ0) is 10.5. The second-order valence-electron chi connectivity index (χ2n) is 4.41. The number of hydrogen-bond donors (Lipinski definition) is 1. The van der Waals surface area contributed by atoms with Crippen LogP contribution in [0.2, 0.25) is 0 Å². The molecular formula is C12H21NO2. The highest BCUT2D eigenvalue weighted by Gasteiger charge is 2.26. The highest BCUT2D eigenvalue weighted by atomic mass is 16.5. The van der Waals surface area contributed by atoms with Crippen molar-refractivity contribution in [2.24, 2.45) is 0 Å². The van der Waals surface area contributed by atoms with Crippen molar-refractivity contribution in [1.29, 1.82) is 0 Å². The van der Waals surface area contributed by atoms with Gasteiger partial charge in [0.05, 0.1) is 19.3 Å². The number of allylic oxidation sites excluding steroid dienone is 2. The van der Waals surface area contributed by atoms with Crippen LogP contribution in [0.5, 0.6) is 0 Å². The molecule has 0 aromatic heterocycles. The van der Waals surface area contributed by atoms with Crippen LogP contribution in [0.15, 0.2) is 12.2 Å². The Kier molecular flexibility index (Phi) is 4.18. The quantitative estimate of drug-likeness (QED) is 0.661. The van der Waals surface area contributed by atoms with Gasteiger partial charge >= 0.3 is 0 Å². The molecule has 1 fully saturated rings. The third-order valence-electron chi connectivity index (χ3n) is 3.38. The van der Waals surface area contributed by atoms with Crippen molar-refractivity contribution in [2.75, 3.05) is 26.3 Å². The van der Waals surface area contributed by atoms with Gasteiger partial charge in [-0.15, -0.1) is 0 Å². The Morgan fingerprint density at radius 1 is 1.07 bits per heavy atom. The van der Waals surface area contributed by atoms with E-state index in [-0.39, 0.29) is 6.10 Å². The van der Waals surface area contributed by atoms with Crippen molar-refractivity contribution in [1.82, 2.24) is 4.90 Å². The summed E-state index contributed by atoms with van der Waals surface area (Å²) in [4.78, 5) is 2.40. The van der Waals surface area contributed by atoms with Gasteiger partial charge < -0.3 is 9.84 Å². The first-order valence-electron chi connectivity index (χ1n) is 6.03. The van der Waals surface area contributed by atoms with Gasteiger partial charge in [-0.1, -0.05) is 12.2 Å². The maximum absolute atomic E-state index is 10.1. The van der Waals surface area contributed by atoms with Crippen molar-refractivity contribution < 1.29 is 9.84 Å². The molecule has 1 aliphatic heterocycles. The molecule has 0 aromatic rings. The number of morpholine rings is 1. The molecule has 0 aromatic carbocycles. The van der Waals surface area contributed by atoms with Gasteiger partial charge in [-0.25, -0.2) is 0 Å². The summed E-state index contributed by atoms with van der Waals surface area (Å²) in [6.45, 7) is 3.59. The Hall–Kier alpha value is -0.380. The van der Waals surface area contributed by atoms with Crippen LogP contribution in [-0.2, 0) is 4.74 Å². The van der Waals surface area contributed by atoms with E-state index < -0.39 is 0 Å². The topological polar surface area (TPSA) is 32.7 Å². The summed E-state index contributed by atoms with van der Waals surface area (Å²) in [7, 11) is 0. The molecule has 1 N–H and O–H groups in total. The van der Waals surface area contributed by atoms with E-state index in [2.05, 4.69) is 17.1 Å². The summed E-state index contributed by atoms with van der Waals surface area (Å²) >= 11 is 0. The van der Waals surface area contributed by atoms with Crippen LogP contribution in [-0.4, -0.2) is 48.5 Å². The number of hydrogen-bond acceptors (Lipinski definition) is 3. The van der Waals surface area contributed by atoms with Crippen LogP contribution in [0.25, 0.3) is 0 Å². The van der Waals surface area contributed by atoms with Crippen LogP contribution in [0.4, 0.5) is 0 Å². The summed E-state index contributed by atoms with van der Waals surface area (Å²) in [5.41, 5.74) is 0. The number of rotatable bonds is 1. The molecule has 0 spiro atoms. The van der Waals surface area contributed by atoms with Gasteiger partial charge in [0.1, 0.15) is 0 Å². The summed E-state index contributed by atoms with van der Waals surface area (Å²) in [6.07, 6.45) is 8.38. The van der Waals surface area contributed by atoms with Gasteiger partial charge in [0.15, 0.2) is 0 Å². The first-order valence-corrected chi connectivity index (χ1v) is 6.03. The van der Waals surface area contributed by atoms with Gasteiger partial charge in [0.25, 0.3) is 0 Å². The van der Waals surface area contributed by atoms with Gasteiger partial charge in [-0.2, -0.15) is 0 Å². The van der Waals surface area contributed by atoms with E-state index in [4.69, 9.17) is 4.74 Å². The minimum absolute atomic E-state index is 0.159. The normalized spacial score (nSPS) is 34.7. The molecule has 0 saturated carbocycles. The van der Waals surface area contributed by atoms with E-state index in [1.165, 1.54) is 0 Å². The molecule has 1 aliphatic carbocycles. The van der Waals surface area contributed by atoms with Crippen LogP contribution in [0.3, 0.4) is 0 Å². The maximum Gasteiger partial charge on any atom is 0.0698 e. The standard InChI is InChI=1S/C12H21NO2/c14-12-6-4-2-1-3-5-11(12)13-7-9-15-10-8-13/h1-2,11-12,14H,3-10H2/t11-,12+/m0/s1. The van der Waals surface area contributed by atoms with E-state index in [1.54, 1.807) is 0 Å². The third kappa shape index (κ3) is 3.03. The van der Waals surface area contributed by atoms with E-state index in [0.717, 1.165) is 52.0 Å². The minimum atomic E-state index is -0.159. The van der Waals surface area contributed by atoms with E-state index in [1.807, 2.05) is 0 Å². The van der Waals surface area contributed by atoms with Crippen LogP contribution in [0, 0.1) is 0 Å². The molecule has 0 amide bonds. The molecule has 2 atom stereocenters. The van der Waals surface area contributed by atoms with Crippen molar-refractivity contribution in [2.45, 2.75) is 37.8 Å². The third-order valence-corrected chi connectivity index (χ3v) is 3.38. The molecule has 0 radical (unpaired) electrons. The minimum Gasteiger partial charge on any atom is -0.391 e. The van der Waals surface area contributed by atoms with Crippen molar-refractivity contribution in [3.8, 4) is 0 Å². The lowest BCUT2D eigenvalue weighted by Gasteiger charge is -2.37. The molecule has 3 heteroatoms. The Morgan fingerprint density at radius 2 is 1.73 bits per heavy atom. The predicted molar refractivity (Wildman–Crippen MR) is 59.8 cm³/mol. The molecular weight excluding hydrogens is 190 g/mol. The van der Waals surface area contributed by atoms with E-state index >= 15 is 0 Å². The second kappa shape index (κ2) is 5.64. The average molecular weight is 211 g/mol. The first kappa shape index (κ1) is 11.1. The first-order chi connectivity index (χ1) is 7.38. The molecule has 86 valence electrons. The molecule has 2 aliphatic rings. The zero-order valence-corrected chi connectivity index (χ0v) is 9.27. The summed E-state index contributed by atoms with van der Waals surface area (Å²) < 4.78 is 5.34. The number of aliphatic hydroxyl groups is 1. The molecule has 1 heterocycles. The fourth-order valence-electron chi connectivity index (χ4n) is 2.49. The van der Waals surface area contributed by atoms with Gasteiger partial charge in [-0.05, 0) is 25.7 Å². The number of nitrogens with zero attached hydrogens (tertiary/aromatic N) is 1. The van der Waals surface area contributed by atoms with E-state index in [9.17, 15) is 5.11 Å². The molecule has 0 unspecified atom stereocenters. The van der Waals surface area contributed by atoms with Crippen LogP contribution < -0.4 is 0 Å². The largest absolute Gasteiger partial charge is 0.391 e. The number of ether oxygens (including phenoxy) is 1. The lowest BCUT2D eigenvalue weighted by Crippen LogP contribution is -2.49. The van der Waals surface area contributed by atoms with Gasteiger partial charge in [0, 0.05) is 19.1 Å². The Labute approximate surface area is 91.7 Å². The summed E-state index contributed by atoms with van der Waals surface area (Å²) in [6, 6.07) is 0.346. The second-order valence-corrected chi connectivity index (χ2v) is 4.41.